The van der Waals surface area contributed by atoms with Crippen LogP contribution < -0.4 is 14.8 Å². The van der Waals surface area contributed by atoms with E-state index < -0.39 is 0 Å². The fraction of sp³-hybridized carbons (Fsp3) is 0.136. The van der Waals surface area contributed by atoms with Crippen molar-refractivity contribution in [3.8, 4) is 11.5 Å². The molecule has 1 aliphatic heterocycles. The molecule has 0 radical (unpaired) electrons. The van der Waals surface area contributed by atoms with Crippen LogP contribution >= 0.6 is 23.2 Å². The maximum Gasteiger partial charge on any atom is 0.231 e. The van der Waals surface area contributed by atoms with Gasteiger partial charge in [0.15, 0.2) is 17.3 Å². The van der Waals surface area contributed by atoms with E-state index in [1.165, 1.54) is 0 Å². The van der Waals surface area contributed by atoms with Crippen LogP contribution in [0, 0.1) is 0 Å². The molecule has 4 nitrogen and oxygen atoms in total. The van der Waals surface area contributed by atoms with Crippen LogP contribution in [0.15, 0.2) is 66.7 Å². The van der Waals surface area contributed by atoms with Crippen molar-refractivity contribution in [1.29, 1.82) is 0 Å². The summed E-state index contributed by atoms with van der Waals surface area (Å²) in [5.41, 5.74) is 2.42. The van der Waals surface area contributed by atoms with E-state index in [0.29, 0.717) is 27.1 Å². The van der Waals surface area contributed by atoms with Gasteiger partial charge in [-0.3, -0.25) is 4.79 Å². The van der Waals surface area contributed by atoms with Gasteiger partial charge >= 0.3 is 0 Å². The summed E-state index contributed by atoms with van der Waals surface area (Å²) >= 11 is 11.9. The Hall–Kier alpha value is -2.69. The highest BCUT2D eigenvalue weighted by Gasteiger charge is 2.21. The zero-order chi connectivity index (χ0) is 19.5. The molecule has 1 unspecified atom stereocenters. The molecule has 0 spiro atoms. The molecule has 0 saturated carbocycles. The summed E-state index contributed by atoms with van der Waals surface area (Å²) in [6.07, 6.45) is 0.268. The standard InChI is InChI=1S/C22H17Cl2NO3/c23-16-4-1-14(2-5-16)20(26)12-19(25-18-8-6-17(24)7-9-18)15-3-10-21-22(11-15)28-13-27-21/h1-11,19,25H,12-13H2. The van der Waals surface area contributed by atoms with Crippen molar-refractivity contribution in [2.24, 2.45) is 0 Å². The van der Waals surface area contributed by atoms with Gasteiger partial charge in [-0.2, -0.15) is 0 Å². The number of fused-ring (bicyclic) bond motifs is 1. The van der Waals surface area contributed by atoms with E-state index in [1.807, 2.05) is 42.5 Å². The number of hydrogen-bond acceptors (Lipinski definition) is 4. The highest BCUT2D eigenvalue weighted by molar-refractivity contribution is 6.31. The number of benzene rings is 3. The van der Waals surface area contributed by atoms with Crippen LogP contribution in [-0.2, 0) is 0 Å². The minimum atomic E-state index is -0.251. The SMILES string of the molecule is O=C(CC(Nc1ccc(Cl)cc1)c1ccc2c(c1)OCO2)c1ccc(Cl)cc1. The Morgan fingerprint density at radius 3 is 2.25 bits per heavy atom. The van der Waals surface area contributed by atoms with Gasteiger partial charge in [-0.05, 0) is 66.2 Å². The third-order valence-corrected chi connectivity index (χ3v) is 5.04. The lowest BCUT2D eigenvalue weighted by atomic mass is 9.97. The summed E-state index contributed by atoms with van der Waals surface area (Å²) in [5, 5.41) is 4.68. The molecular formula is C22H17Cl2NO3. The first-order valence-corrected chi connectivity index (χ1v) is 9.54. The Balaban J connectivity index is 1.61. The largest absolute Gasteiger partial charge is 0.454 e. The number of carbonyl (C=O) groups excluding carboxylic acids is 1. The van der Waals surface area contributed by atoms with E-state index in [1.54, 1.807) is 24.3 Å². The molecule has 0 fully saturated rings. The second kappa shape index (κ2) is 8.13. The lowest BCUT2D eigenvalue weighted by Crippen LogP contribution is -2.16. The van der Waals surface area contributed by atoms with Crippen molar-refractivity contribution in [2.75, 3.05) is 12.1 Å². The Labute approximate surface area is 173 Å². The molecular weight excluding hydrogens is 397 g/mol. The van der Waals surface area contributed by atoms with Crippen molar-refractivity contribution in [3.63, 3.8) is 0 Å². The number of nitrogens with one attached hydrogen (secondary N) is 1. The minimum Gasteiger partial charge on any atom is -0.454 e. The van der Waals surface area contributed by atoms with E-state index in [-0.39, 0.29) is 25.0 Å². The van der Waals surface area contributed by atoms with Crippen LogP contribution in [0.2, 0.25) is 10.0 Å². The van der Waals surface area contributed by atoms with E-state index in [2.05, 4.69) is 5.32 Å². The maximum atomic E-state index is 12.9. The Morgan fingerprint density at radius 1 is 0.893 bits per heavy atom. The summed E-state index contributed by atoms with van der Waals surface area (Å²) in [7, 11) is 0. The maximum absolute atomic E-state index is 12.9. The third-order valence-electron chi connectivity index (χ3n) is 4.54. The fourth-order valence-corrected chi connectivity index (χ4v) is 3.32. The van der Waals surface area contributed by atoms with Crippen LogP contribution in [-0.4, -0.2) is 12.6 Å². The Morgan fingerprint density at radius 2 is 1.54 bits per heavy atom. The Kier molecular flexibility index (Phi) is 5.42. The van der Waals surface area contributed by atoms with Gasteiger partial charge in [0, 0.05) is 27.7 Å². The molecule has 1 aliphatic rings. The summed E-state index contributed by atoms with van der Waals surface area (Å²) < 4.78 is 10.9. The van der Waals surface area contributed by atoms with E-state index in [9.17, 15) is 4.79 Å². The molecule has 1 N–H and O–H groups in total. The summed E-state index contributed by atoms with van der Waals surface area (Å²) in [6.45, 7) is 0.206. The number of ketones is 1. The summed E-state index contributed by atoms with van der Waals surface area (Å²) in [5.74, 6) is 1.40. The predicted molar refractivity (Wildman–Crippen MR) is 111 cm³/mol. The summed E-state index contributed by atoms with van der Waals surface area (Å²) in [4.78, 5) is 12.9. The number of halogens is 2. The van der Waals surface area contributed by atoms with Crippen molar-refractivity contribution < 1.29 is 14.3 Å². The van der Waals surface area contributed by atoms with Gasteiger partial charge in [0.2, 0.25) is 6.79 Å². The van der Waals surface area contributed by atoms with E-state index >= 15 is 0 Å². The lowest BCUT2D eigenvalue weighted by molar-refractivity contribution is 0.0976. The lowest BCUT2D eigenvalue weighted by Gasteiger charge is -2.20. The van der Waals surface area contributed by atoms with Crippen LogP contribution in [0.25, 0.3) is 0 Å². The molecule has 3 aromatic rings. The number of anilines is 1. The number of Topliss-reactive ketones (excluding diaryl/α,β-unsaturated/α-hetero) is 1. The third kappa shape index (κ3) is 4.24. The van der Waals surface area contributed by atoms with Gasteiger partial charge in [-0.1, -0.05) is 29.3 Å². The molecule has 0 saturated heterocycles. The Bertz CT molecular complexity index is 988. The first-order chi connectivity index (χ1) is 13.6. The fourth-order valence-electron chi connectivity index (χ4n) is 3.07. The normalized spacial score (nSPS) is 13.2. The first kappa shape index (κ1) is 18.7. The van der Waals surface area contributed by atoms with Gasteiger partial charge in [0.05, 0.1) is 6.04 Å². The second-order valence-electron chi connectivity index (χ2n) is 6.45. The molecule has 0 amide bonds. The van der Waals surface area contributed by atoms with Crippen molar-refractivity contribution in [3.05, 3.63) is 87.9 Å². The average Bonchev–Trinajstić information content (AvgIpc) is 3.17. The molecule has 0 aliphatic carbocycles. The van der Waals surface area contributed by atoms with Crippen LogP contribution in [0.3, 0.4) is 0 Å². The van der Waals surface area contributed by atoms with Gasteiger partial charge < -0.3 is 14.8 Å². The van der Waals surface area contributed by atoms with Crippen molar-refractivity contribution >= 4 is 34.7 Å². The molecule has 1 heterocycles. The monoisotopic (exact) mass is 413 g/mol. The second-order valence-corrected chi connectivity index (χ2v) is 7.32. The topological polar surface area (TPSA) is 47.6 Å². The molecule has 3 aromatic carbocycles. The zero-order valence-corrected chi connectivity index (χ0v) is 16.3. The van der Waals surface area contributed by atoms with E-state index in [4.69, 9.17) is 32.7 Å². The minimum absolute atomic E-state index is 0.0146. The number of ether oxygens (including phenoxy) is 2. The predicted octanol–water partition coefficient (Wildman–Crippen LogP) is 6.15. The number of hydrogen-bond donors (Lipinski definition) is 1. The van der Waals surface area contributed by atoms with Crippen molar-refractivity contribution in [2.45, 2.75) is 12.5 Å². The summed E-state index contributed by atoms with van der Waals surface area (Å²) in [6, 6.07) is 19.8. The van der Waals surface area contributed by atoms with Gasteiger partial charge in [0.25, 0.3) is 0 Å². The molecule has 4 rings (SSSR count). The van der Waals surface area contributed by atoms with E-state index in [0.717, 1.165) is 11.3 Å². The number of carbonyl (C=O) groups is 1. The molecule has 0 bridgehead atoms. The highest BCUT2D eigenvalue weighted by atomic mass is 35.5. The zero-order valence-electron chi connectivity index (χ0n) is 14.8. The van der Waals surface area contributed by atoms with Crippen LogP contribution in [0.1, 0.15) is 28.4 Å². The van der Waals surface area contributed by atoms with Gasteiger partial charge in [-0.25, -0.2) is 0 Å². The van der Waals surface area contributed by atoms with Crippen LogP contribution in [0.4, 0.5) is 5.69 Å². The van der Waals surface area contributed by atoms with Gasteiger partial charge in [-0.15, -0.1) is 0 Å². The number of rotatable bonds is 6. The average molecular weight is 414 g/mol. The molecule has 1 atom stereocenters. The molecule has 142 valence electrons. The first-order valence-electron chi connectivity index (χ1n) is 8.79. The van der Waals surface area contributed by atoms with Gasteiger partial charge in [0.1, 0.15) is 0 Å². The highest BCUT2D eigenvalue weighted by Crippen LogP contribution is 2.36. The van der Waals surface area contributed by atoms with Crippen molar-refractivity contribution in [1.82, 2.24) is 0 Å². The quantitative estimate of drug-likeness (QED) is 0.492. The smallest absolute Gasteiger partial charge is 0.231 e. The molecule has 0 aromatic heterocycles. The molecule has 28 heavy (non-hydrogen) atoms. The molecule has 6 heteroatoms. The van der Waals surface area contributed by atoms with Crippen LogP contribution in [0.5, 0.6) is 11.5 Å².